The summed E-state index contributed by atoms with van der Waals surface area (Å²) in [5.41, 5.74) is 1.58. The summed E-state index contributed by atoms with van der Waals surface area (Å²) >= 11 is 13.7. The molecule has 1 aliphatic carbocycles. The van der Waals surface area contributed by atoms with E-state index in [0.29, 0.717) is 21.0 Å². The first-order valence-electron chi connectivity index (χ1n) is 10.2. The number of nitrogens with one attached hydrogen (secondary N) is 1. The van der Waals surface area contributed by atoms with Gasteiger partial charge in [0.05, 0.1) is 21.5 Å². The van der Waals surface area contributed by atoms with Gasteiger partial charge in [0, 0.05) is 24.0 Å². The number of halogens is 2. The molecule has 1 N–H and O–H groups in total. The number of rotatable bonds is 6. The van der Waals surface area contributed by atoms with Gasteiger partial charge in [0.1, 0.15) is 0 Å². The predicted molar refractivity (Wildman–Crippen MR) is 125 cm³/mol. The van der Waals surface area contributed by atoms with Gasteiger partial charge in [-0.1, -0.05) is 41.9 Å². The predicted octanol–water partition coefficient (Wildman–Crippen LogP) is 5.42. The highest BCUT2D eigenvalue weighted by atomic mass is 35.5. The van der Waals surface area contributed by atoms with E-state index in [1.165, 1.54) is 11.8 Å². The number of carbonyl (C=O) groups excluding carboxylic acids is 1. The molecule has 2 heterocycles. The van der Waals surface area contributed by atoms with Gasteiger partial charge in [-0.05, 0) is 61.9 Å². The van der Waals surface area contributed by atoms with Crippen molar-refractivity contribution in [3.63, 3.8) is 0 Å². The number of aromatic nitrogens is 4. The number of nitrogens with zero attached hydrogens (tertiary/aromatic N) is 4. The van der Waals surface area contributed by atoms with E-state index < -0.39 is 0 Å². The van der Waals surface area contributed by atoms with Crippen molar-refractivity contribution in [1.82, 2.24) is 25.1 Å². The van der Waals surface area contributed by atoms with E-state index in [0.717, 1.165) is 42.9 Å². The highest BCUT2D eigenvalue weighted by molar-refractivity contribution is 7.99. The third-order valence-electron chi connectivity index (χ3n) is 5.43. The van der Waals surface area contributed by atoms with Crippen LogP contribution in [-0.4, -0.2) is 37.5 Å². The van der Waals surface area contributed by atoms with E-state index in [9.17, 15) is 4.79 Å². The lowest BCUT2D eigenvalue weighted by atomic mass is 9.87. The van der Waals surface area contributed by atoms with Crippen LogP contribution in [-0.2, 0) is 4.79 Å². The van der Waals surface area contributed by atoms with Crippen LogP contribution in [0.4, 0.5) is 0 Å². The minimum Gasteiger partial charge on any atom is -0.353 e. The molecule has 1 aromatic carbocycles. The second kappa shape index (κ2) is 10.0. The molecule has 1 aliphatic rings. The van der Waals surface area contributed by atoms with Gasteiger partial charge in [-0.25, -0.2) is 0 Å². The molecule has 0 radical (unpaired) electrons. The molecule has 0 saturated heterocycles. The van der Waals surface area contributed by atoms with Gasteiger partial charge < -0.3 is 5.32 Å². The first-order chi connectivity index (χ1) is 15.0. The standard InChI is InChI=1S/C22H23Cl2N5OS/c1-14-4-6-16(7-5-14)26-20(30)13-31-22-28-27-21(15-3-2-10-25-12-15)29(22)17-8-9-18(23)19(24)11-17/h2-3,8-12,14,16H,4-7,13H2,1H3,(H,26,30). The summed E-state index contributed by atoms with van der Waals surface area (Å²) in [6, 6.07) is 9.37. The Hall–Kier alpha value is -2.09. The van der Waals surface area contributed by atoms with Crippen molar-refractivity contribution in [2.24, 2.45) is 5.92 Å². The molecule has 9 heteroatoms. The van der Waals surface area contributed by atoms with Crippen molar-refractivity contribution in [3.05, 3.63) is 52.8 Å². The fraction of sp³-hybridized carbons (Fsp3) is 0.364. The van der Waals surface area contributed by atoms with E-state index in [1.807, 2.05) is 22.8 Å². The van der Waals surface area contributed by atoms with E-state index in [2.05, 4.69) is 27.4 Å². The van der Waals surface area contributed by atoms with E-state index in [1.54, 1.807) is 24.5 Å². The van der Waals surface area contributed by atoms with Crippen LogP contribution >= 0.6 is 35.0 Å². The molecule has 0 bridgehead atoms. The summed E-state index contributed by atoms with van der Waals surface area (Å²) in [5.74, 6) is 1.64. The second-order valence-electron chi connectivity index (χ2n) is 7.79. The van der Waals surface area contributed by atoms with Gasteiger partial charge in [-0.2, -0.15) is 0 Å². The Balaban J connectivity index is 1.55. The quantitative estimate of drug-likeness (QED) is 0.481. The maximum atomic E-state index is 12.6. The minimum atomic E-state index is 0.0103. The highest BCUT2D eigenvalue weighted by Crippen LogP contribution is 2.31. The fourth-order valence-corrected chi connectivity index (χ4v) is 4.76. The summed E-state index contributed by atoms with van der Waals surface area (Å²) in [7, 11) is 0. The zero-order valence-corrected chi connectivity index (χ0v) is 19.4. The SMILES string of the molecule is CC1CCC(NC(=O)CSc2nnc(-c3cccnc3)n2-c2ccc(Cl)c(Cl)c2)CC1. The van der Waals surface area contributed by atoms with E-state index in [4.69, 9.17) is 23.2 Å². The molecule has 0 atom stereocenters. The monoisotopic (exact) mass is 475 g/mol. The number of benzene rings is 1. The van der Waals surface area contributed by atoms with Crippen LogP contribution in [0.15, 0.2) is 47.9 Å². The molecular formula is C22H23Cl2N5OS. The van der Waals surface area contributed by atoms with Gasteiger partial charge in [-0.15, -0.1) is 10.2 Å². The van der Waals surface area contributed by atoms with Crippen LogP contribution in [0.5, 0.6) is 0 Å². The molecule has 2 aromatic heterocycles. The summed E-state index contributed by atoms with van der Waals surface area (Å²) < 4.78 is 1.87. The average molecular weight is 476 g/mol. The van der Waals surface area contributed by atoms with E-state index in [-0.39, 0.29) is 17.7 Å². The Morgan fingerprint density at radius 3 is 2.68 bits per heavy atom. The number of thioether (sulfide) groups is 1. The first-order valence-corrected chi connectivity index (χ1v) is 12.0. The largest absolute Gasteiger partial charge is 0.353 e. The Bertz CT molecular complexity index is 1050. The summed E-state index contributed by atoms with van der Waals surface area (Å²) in [6.07, 6.45) is 7.85. The summed E-state index contributed by atoms with van der Waals surface area (Å²) in [4.78, 5) is 16.7. The van der Waals surface area contributed by atoms with Crippen molar-refractivity contribution < 1.29 is 4.79 Å². The van der Waals surface area contributed by atoms with Crippen molar-refractivity contribution in [3.8, 4) is 17.1 Å². The average Bonchev–Trinajstić information content (AvgIpc) is 3.20. The number of hydrogen-bond donors (Lipinski definition) is 1. The fourth-order valence-electron chi connectivity index (χ4n) is 3.71. The van der Waals surface area contributed by atoms with Crippen LogP contribution in [0, 0.1) is 5.92 Å². The lowest BCUT2D eigenvalue weighted by molar-refractivity contribution is -0.119. The molecular weight excluding hydrogens is 453 g/mol. The van der Waals surface area contributed by atoms with Crippen LogP contribution in [0.3, 0.4) is 0 Å². The number of carbonyl (C=O) groups is 1. The molecule has 31 heavy (non-hydrogen) atoms. The third kappa shape index (κ3) is 5.40. The first kappa shape index (κ1) is 22.1. The molecule has 1 fully saturated rings. The van der Waals surface area contributed by atoms with Gasteiger partial charge in [0.25, 0.3) is 0 Å². The third-order valence-corrected chi connectivity index (χ3v) is 7.10. The zero-order chi connectivity index (χ0) is 21.8. The Morgan fingerprint density at radius 2 is 1.97 bits per heavy atom. The molecule has 4 rings (SSSR count). The maximum absolute atomic E-state index is 12.6. The summed E-state index contributed by atoms with van der Waals surface area (Å²) in [5, 5.41) is 13.4. The topological polar surface area (TPSA) is 72.7 Å². The Morgan fingerprint density at radius 1 is 1.16 bits per heavy atom. The smallest absolute Gasteiger partial charge is 0.230 e. The molecule has 3 aromatic rings. The van der Waals surface area contributed by atoms with Crippen LogP contribution in [0.1, 0.15) is 32.6 Å². The highest BCUT2D eigenvalue weighted by Gasteiger charge is 2.21. The molecule has 1 amide bonds. The maximum Gasteiger partial charge on any atom is 0.230 e. The lowest BCUT2D eigenvalue weighted by Crippen LogP contribution is -2.38. The van der Waals surface area contributed by atoms with Gasteiger partial charge in [0.2, 0.25) is 5.91 Å². The van der Waals surface area contributed by atoms with Crippen LogP contribution in [0.2, 0.25) is 10.0 Å². The van der Waals surface area contributed by atoms with Crippen molar-refractivity contribution in [1.29, 1.82) is 0 Å². The van der Waals surface area contributed by atoms with Crippen LogP contribution < -0.4 is 5.32 Å². The van der Waals surface area contributed by atoms with Gasteiger partial charge in [-0.3, -0.25) is 14.3 Å². The normalized spacial score (nSPS) is 18.7. The lowest BCUT2D eigenvalue weighted by Gasteiger charge is -2.26. The van der Waals surface area contributed by atoms with Gasteiger partial charge >= 0.3 is 0 Å². The molecule has 162 valence electrons. The number of amides is 1. The van der Waals surface area contributed by atoms with Crippen molar-refractivity contribution in [2.45, 2.75) is 43.8 Å². The number of hydrogen-bond acceptors (Lipinski definition) is 5. The molecule has 0 spiro atoms. The second-order valence-corrected chi connectivity index (χ2v) is 9.55. The Kier molecular flexibility index (Phi) is 7.15. The van der Waals surface area contributed by atoms with Crippen LogP contribution in [0.25, 0.3) is 17.1 Å². The van der Waals surface area contributed by atoms with Crippen molar-refractivity contribution >= 4 is 40.9 Å². The van der Waals surface area contributed by atoms with Gasteiger partial charge in [0.15, 0.2) is 11.0 Å². The molecule has 0 aliphatic heterocycles. The Labute approximate surface area is 195 Å². The molecule has 6 nitrogen and oxygen atoms in total. The molecule has 1 saturated carbocycles. The summed E-state index contributed by atoms with van der Waals surface area (Å²) in [6.45, 7) is 2.27. The molecule has 0 unspecified atom stereocenters. The zero-order valence-electron chi connectivity index (χ0n) is 17.1. The number of pyridine rings is 1. The van der Waals surface area contributed by atoms with E-state index >= 15 is 0 Å². The van der Waals surface area contributed by atoms with Crippen molar-refractivity contribution in [2.75, 3.05) is 5.75 Å². The minimum absolute atomic E-state index is 0.0103.